The van der Waals surface area contributed by atoms with Crippen molar-refractivity contribution in [3.8, 4) is 0 Å². The zero-order valence-corrected chi connectivity index (χ0v) is 17.1. The van der Waals surface area contributed by atoms with Gasteiger partial charge in [-0.1, -0.05) is 29.8 Å². The third-order valence-electron chi connectivity index (χ3n) is 4.54. The zero-order chi connectivity index (χ0) is 20.7. The molecule has 150 valence electrons. The molecule has 1 atom stereocenters. The monoisotopic (exact) mass is 406 g/mol. The van der Waals surface area contributed by atoms with E-state index in [1.54, 1.807) is 36.2 Å². The number of anilines is 1. The molecule has 0 spiro atoms. The van der Waals surface area contributed by atoms with Gasteiger partial charge in [-0.2, -0.15) is 0 Å². The molecule has 1 unspecified atom stereocenters. The number of hydrogen-bond donors (Lipinski definition) is 2. The number of carbonyl (C=O) groups is 2. The molecule has 0 aliphatic rings. The van der Waals surface area contributed by atoms with E-state index in [0.29, 0.717) is 23.8 Å². The van der Waals surface area contributed by atoms with Crippen LogP contribution in [0.1, 0.15) is 18.1 Å². The third-order valence-corrected chi connectivity index (χ3v) is 4.78. The third kappa shape index (κ3) is 6.62. The molecule has 2 N–H and O–H groups in total. The normalized spacial score (nSPS) is 11.8. The van der Waals surface area contributed by atoms with E-state index in [4.69, 9.17) is 11.6 Å². The highest BCUT2D eigenvalue weighted by atomic mass is 35.5. The van der Waals surface area contributed by atoms with E-state index in [0.717, 1.165) is 16.0 Å². The lowest BCUT2D eigenvalue weighted by molar-refractivity contribution is -0.882. The Morgan fingerprint density at radius 2 is 1.82 bits per heavy atom. The second-order valence-electron chi connectivity index (χ2n) is 6.84. The van der Waals surface area contributed by atoms with E-state index in [-0.39, 0.29) is 30.7 Å². The van der Waals surface area contributed by atoms with Crippen LogP contribution in [-0.4, -0.2) is 43.4 Å². The number of amides is 2. The van der Waals surface area contributed by atoms with Crippen molar-refractivity contribution in [1.82, 2.24) is 4.90 Å². The standard InChI is InChI=1S/C21H25ClFN3O2/c1-4-26(13-20(27)24-19-11-17(22)8-5-15(19)2)14-21(28)25(3)12-16-6-9-18(23)10-7-16/h5-11H,4,12-14H2,1-3H3,(H,24,27)/p+1. The van der Waals surface area contributed by atoms with Gasteiger partial charge < -0.3 is 15.1 Å². The highest BCUT2D eigenvalue weighted by Crippen LogP contribution is 2.19. The van der Waals surface area contributed by atoms with E-state index in [2.05, 4.69) is 5.32 Å². The zero-order valence-electron chi connectivity index (χ0n) is 16.4. The summed E-state index contributed by atoms with van der Waals surface area (Å²) in [5, 5.41) is 3.41. The van der Waals surface area contributed by atoms with Gasteiger partial charge in [0.2, 0.25) is 0 Å². The molecular weight excluding hydrogens is 381 g/mol. The number of quaternary nitrogens is 1. The van der Waals surface area contributed by atoms with Gasteiger partial charge in [0, 0.05) is 24.3 Å². The summed E-state index contributed by atoms with van der Waals surface area (Å²) in [5.74, 6) is -0.551. The molecule has 0 saturated carbocycles. The molecule has 0 saturated heterocycles. The van der Waals surface area contributed by atoms with Gasteiger partial charge in [-0.3, -0.25) is 9.59 Å². The Bertz CT molecular complexity index is 827. The van der Waals surface area contributed by atoms with E-state index in [1.807, 2.05) is 19.9 Å². The highest BCUT2D eigenvalue weighted by Gasteiger charge is 2.20. The lowest BCUT2D eigenvalue weighted by Crippen LogP contribution is -3.13. The summed E-state index contributed by atoms with van der Waals surface area (Å²) < 4.78 is 13.0. The van der Waals surface area contributed by atoms with Crippen LogP contribution in [-0.2, 0) is 16.1 Å². The van der Waals surface area contributed by atoms with Crippen LogP contribution in [0.25, 0.3) is 0 Å². The maximum atomic E-state index is 13.0. The topological polar surface area (TPSA) is 53.9 Å². The van der Waals surface area contributed by atoms with Gasteiger partial charge in [-0.25, -0.2) is 4.39 Å². The molecule has 2 rings (SSSR count). The van der Waals surface area contributed by atoms with Gasteiger partial charge >= 0.3 is 0 Å². The number of halogens is 2. The number of carbonyl (C=O) groups excluding carboxylic acids is 2. The van der Waals surface area contributed by atoms with E-state index < -0.39 is 0 Å². The van der Waals surface area contributed by atoms with Crippen LogP contribution in [0.3, 0.4) is 0 Å². The van der Waals surface area contributed by atoms with E-state index in [9.17, 15) is 14.0 Å². The van der Waals surface area contributed by atoms with Gasteiger partial charge in [-0.05, 0) is 49.2 Å². The molecule has 2 aromatic rings. The maximum Gasteiger partial charge on any atom is 0.279 e. The Kier molecular flexibility index (Phi) is 7.96. The van der Waals surface area contributed by atoms with E-state index >= 15 is 0 Å². The molecule has 0 heterocycles. The molecule has 0 fully saturated rings. The van der Waals surface area contributed by atoms with Gasteiger partial charge in [0.1, 0.15) is 5.82 Å². The first kappa shape index (κ1) is 21.9. The van der Waals surface area contributed by atoms with Gasteiger partial charge in [0.05, 0.1) is 6.54 Å². The Morgan fingerprint density at radius 1 is 1.14 bits per heavy atom. The number of likely N-dealkylation sites (N-methyl/N-ethyl adjacent to an activating group) is 2. The molecule has 0 bridgehead atoms. The number of rotatable bonds is 8. The minimum atomic E-state index is -0.305. The number of aryl methyl sites for hydroxylation is 1. The molecule has 5 nitrogen and oxygen atoms in total. The average Bonchev–Trinajstić information content (AvgIpc) is 2.65. The van der Waals surface area contributed by atoms with Crippen LogP contribution in [0.5, 0.6) is 0 Å². The fourth-order valence-corrected chi connectivity index (χ4v) is 2.94. The summed E-state index contributed by atoms with van der Waals surface area (Å²) in [6, 6.07) is 11.4. The van der Waals surface area contributed by atoms with E-state index in [1.165, 1.54) is 12.1 Å². The summed E-state index contributed by atoms with van der Waals surface area (Å²) in [7, 11) is 1.70. The Hall–Kier alpha value is -2.44. The molecule has 7 heteroatoms. The summed E-state index contributed by atoms with van der Waals surface area (Å²) in [4.78, 5) is 27.3. The molecule has 28 heavy (non-hydrogen) atoms. The predicted octanol–water partition coefficient (Wildman–Crippen LogP) is 2.29. The van der Waals surface area contributed by atoms with Gasteiger partial charge in [0.25, 0.3) is 11.8 Å². The fraction of sp³-hybridized carbons (Fsp3) is 0.333. The highest BCUT2D eigenvalue weighted by molar-refractivity contribution is 6.31. The number of nitrogens with zero attached hydrogens (tertiary/aromatic N) is 1. The van der Waals surface area contributed by atoms with Crippen molar-refractivity contribution in [3.05, 3.63) is 64.4 Å². The number of hydrogen-bond acceptors (Lipinski definition) is 2. The lowest BCUT2D eigenvalue weighted by atomic mass is 10.2. The van der Waals surface area contributed by atoms with Crippen LogP contribution in [0.15, 0.2) is 42.5 Å². The molecule has 2 aromatic carbocycles. The van der Waals surface area contributed by atoms with Crippen molar-refractivity contribution in [1.29, 1.82) is 0 Å². The van der Waals surface area contributed by atoms with Crippen molar-refractivity contribution in [2.45, 2.75) is 20.4 Å². The van der Waals surface area contributed by atoms with Crippen molar-refractivity contribution in [3.63, 3.8) is 0 Å². The summed E-state index contributed by atoms with van der Waals surface area (Å²) in [6.45, 7) is 5.24. The minimum absolute atomic E-state index is 0.0760. The summed E-state index contributed by atoms with van der Waals surface area (Å²) >= 11 is 5.98. The largest absolute Gasteiger partial charge is 0.337 e. The van der Waals surface area contributed by atoms with Crippen LogP contribution < -0.4 is 10.2 Å². The summed E-state index contributed by atoms with van der Waals surface area (Å²) in [6.07, 6.45) is 0. The fourth-order valence-electron chi connectivity index (χ4n) is 2.76. The molecule has 0 aliphatic carbocycles. The lowest BCUT2D eigenvalue weighted by Gasteiger charge is -2.22. The first-order valence-corrected chi connectivity index (χ1v) is 9.54. The molecule has 0 radical (unpaired) electrons. The second kappa shape index (κ2) is 10.2. The Morgan fingerprint density at radius 3 is 2.46 bits per heavy atom. The smallest absolute Gasteiger partial charge is 0.279 e. The molecule has 0 aliphatic heterocycles. The van der Waals surface area contributed by atoms with Crippen LogP contribution in [0, 0.1) is 12.7 Å². The first-order chi connectivity index (χ1) is 13.3. The van der Waals surface area contributed by atoms with Crippen LogP contribution in [0.4, 0.5) is 10.1 Å². The van der Waals surface area contributed by atoms with Crippen molar-refractivity contribution in [2.75, 3.05) is 32.0 Å². The Balaban J connectivity index is 1.89. The maximum absolute atomic E-state index is 13.0. The van der Waals surface area contributed by atoms with Crippen molar-refractivity contribution in [2.24, 2.45) is 0 Å². The van der Waals surface area contributed by atoms with Crippen molar-refractivity contribution < 1.29 is 18.9 Å². The van der Waals surface area contributed by atoms with Crippen LogP contribution >= 0.6 is 11.6 Å². The van der Waals surface area contributed by atoms with Gasteiger partial charge in [-0.15, -0.1) is 0 Å². The SMILES string of the molecule is CC[NH+](CC(=O)Nc1cc(Cl)ccc1C)CC(=O)N(C)Cc1ccc(F)cc1. The summed E-state index contributed by atoms with van der Waals surface area (Å²) in [5.41, 5.74) is 2.45. The average molecular weight is 407 g/mol. The second-order valence-corrected chi connectivity index (χ2v) is 7.28. The first-order valence-electron chi connectivity index (χ1n) is 9.16. The van der Waals surface area contributed by atoms with Crippen LogP contribution in [0.2, 0.25) is 5.02 Å². The predicted molar refractivity (Wildman–Crippen MR) is 109 cm³/mol. The van der Waals surface area contributed by atoms with Crippen molar-refractivity contribution >= 4 is 29.1 Å². The molecular formula is C21H26ClFN3O2+. The van der Waals surface area contributed by atoms with Gasteiger partial charge in [0.15, 0.2) is 13.1 Å². The molecule has 2 amide bonds. The number of nitrogens with one attached hydrogen (secondary N) is 2. The minimum Gasteiger partial charge on any atom is -0.337 e. The molecule has 0 aromatic heterocycles. The number of benzene rings is 2. The quantitative estimate of drug-likeness (QED) is 0.706. The Labute approximate surface area is 170 Å².